The Morgan fingerprint density at radius 1 is 1.27 bits per heavy atom. The third-order valence-electron chi connectivity index (χ3n) is 7.03. The Morgan fingerprint density at radius 3 is 2.90 bits per heavy atom. The number of fused-ring (bicyclic) bond motifs is 2. The van der Waals surface area contributed by atoms with Crippen molar-refractivity contribution in [1.29, 1.82) is 0 Å². The zero-order valence-electron chi connectivity index (χ0n) is 17.7. The summed E-state index contributed by atoms with van der Waals surface area (Å²) in [6, 6.07) is 2.51. The van der Waals surface area contributed by atoms with Crippen LogP contribution in [-0.2, 0) is 22.5 Å². The van der Waals surface area contributed by atoms with Crippen LogP contribution in [0, 0.1) is 0 Å². The first-order valence-corrected chi connectivity index (χ1v) is 11.4. The van der Waals surface area contributed by atoms with E-state index >= 15 is 0 Å². The number of hydrogen-bond donors (Lipinski definition) is 1. The molecule has 0 aliphatic carbocycles. The summed E-state index contributed by atoms with van der Waals surface area (Å²) in [6.07, 6.45) is 5.44. The summed E-state index contributed by atoms with van der Waals surface area (Å²) in [7, 11) is 0. The number of likely N-dealkylation sites (tertiary alicyclic amines) is 1. The fourth-order valence-electron chi connectivity index (χ4n) is 5.27. The number of H-pyrrole nitrogens is 1. The topological polar surface area (TPSA) is 82.9 Å². The van der Waals surface area contributed by atoms with E-state index in [0.717, 1.165) is 75.4 Å². The summed E-state index contributed by atoms with van der Waals surface area (Å²) >= 11 is 0. The maximum absolute atomic E-state index is 13.3. The van der Waals surface area contributed by atoms with Crippen molar-refractivity contribution in [3.63, 3.8) is 0 Å². The molecular formula is C22H31N5O3. The van der Waals surface area contributed by atoms with Crippen LogP contribution in [0.3, 0.4) is 0 Å². The second-order valence-corrected chi connectivity index (χ2v) is 8.84. The van der Waals surface area contributed by atoms with Crippen LogP contribution in [0.1, 0.15) is 61.9 Å². The number of hydrogen-bond acceptors (Lipinski definition) is 5. The fourth-order valence-corrected chi connectivity index (χ4v) is 5.27. The Morgan fingerprint density at radius 2 is 2.10 bits per heavy atom. The van der Waals surface area contributed by atoms with Gasteiger partial charge in [-0.25, -0.2) is 9.50 Å². The van der Waals surface area contributed by atoms with Crippen LogP contribution in [0.15, 0.2) is 10.9 Å². The molecule has 0 bridgehead atoms. The molecule has 8 heteroatoms. The molecule has 3 aliphatic heterocycles. The Kier molecular flexibility index (Phi) is 5.37. The third-order valence-corrected chi connectivity index (χ3v) is 7.03. The molecule has 1 N–H and O–H groups in total. The van der Waals surface area contributed by atoms with Crippen molar-refractivity contribution in [1.82, 2.24) is 24.4 Å². The molecule has 2 saturated heterocycles. The molecular weight excluding hydrogens is 382 g/mol. The summed E-state index contributed by atoms with van der Waals surface area (Å²) in [5, 5.41) is 3.32. The summed E-state index contributed by atoms with van der Waals surface area (Å²) < 4.78 is 7.11. The Bertz CT molecular complexity index is 991. The number of amides is 1. The SMILES string of the molecule is CCC(=O)N1CCCC(c2cc3nc4c(c(=O)n3[nH]2)CN(C2CCOCC2)CC4)C1. The second kappa shape index (κ2) is 8.15. The molecule has 0 spiro atoms. The predicted octanol–water partition coefficient (Wildman–Crippen LogP) is 1.68. The molecule has 2 fully saturated rings. The zero-order valence-corrected chi connectivity index (χ0v) is 17.7. The average molecular weight is 414 g/mol. The summed E-state index contributed by atoms with van der Waals surface area (Å²) in [5.74, 6) is 0.431. The van der Waals surface area contributed by atoms with Crippen molar-refractivity contribution in [2.24, 2.45) is 0 Å². The van der Waals surface area contributed by atoms with Gasteiger partial charge in [-0.2, -0.15) is 0 Å². The van der Waals surface area contributed by atoms with Gasteiger partial charge in [0.2, 0.25) is 5.91 Å². The van der Waals surface area contributed by atoms with Crippen LogP contribution in [0.25, 0.3) is 5.65 Å². The van der Waals surface area contributed by atoms with Crippen LogP contribution < -0.4 is 5.56 Å². The van der Waals surface area contributed by atoms with Crippen molar-refractivity contribution in [2.45, 2.75) is 64.0 Å². The molecule has 1 unspecified atom stereocenters. The van der Waals surface area contributed by atoms with Gasteiger partial charge < -0.3 is 9.64 Å². The highest BCUT2D eigenvalue weighted by Crippen LogP contribution is 2.27. The van der Waals surface area contributed by atoms with Crippen LogP contribution in [0.2, 0.25) is 0 Å². The number of rotatable bonds is 3. The first kappa shape index (κ1) is 19.8. The van der Waals surface area contributed by atoms with E-state index in [4.69, 9.17) is 9.72 Å². The molecule has 1 atom stereocenters. The molecule has 8 nitrogen and oxygen atoms in total. The molecule has 0 aromatic carbocycles. The van der Waals surface area contributed by atoms with E-state index in [2.05, 4.69) is 10.00 Å². The normalized spacial score (nSPS) is 23.6. The van der Waals surface area contributed by atoms with Gasteiger partial charge in [0.25, 0.3) is 5.56 Å². The highest BCUT2D eigenvalue weighted by molar-refractivity contribution is 5.76. The molecule has 2 aromatic heterocycles. The van der Waals surface area contributed by atoms with Gasteiger partial charge in [0.15, 0.2) is 5.65 Å². The summed E-state index contributed by atoms with van der Waals surface area (Å²) in [5.41, 5.74) is 3.50. The third kappa shape index (κ3) is 3.56. The highest BCUT2D eigenvalue weighted by atomic mass is 16.5. The van der Waals surface area contributed by atoms with E-state index in [1.807, 2.05) is 17.9 Å². The highest BCUT2D eigenvalue weighted by Gasteiger charge is 2.30. The van der Waals surface area contributed by atoms with Gasteiger partial charge in [-0.3, -0.25) is 19.6 Å². The molecule has 3 aliphatic rings. The molecule has 0 radical (unpaired) electrons. The van der Waals surface area contributed by atoms with Gasteiger partial charge >= 0.3 is 0 Å². The molecule has 1 amide bonds. The van der Waals surface area contributed by atoms with Crippen LogP contribution in [0.5, 0.6) is 0 Å². The van der Waals surface area contributed by atoms with Gasteiger partial charge in [-0.1, -0.05) is 6.92 Å². The number of aromatic nitrogens is 3. The average Bonchev–Trinajstić information content (AvgIpc) is 3.24. The van der Waals surface area contributed by atoms with Crippen LogP contribution in [0.4, 0.5) is 0 Å². The maximum Gasteiger partial charge on any atom is 0.277 e. The lowest BCUT2D eigenvalue weighted by Crippen LogP contribution is -2.44. The van der Waals surface area contributed by atoms with Crippen molar-refractivity contribution < 1.29 is 9.53 Å². The van der Waals surface area contributed by atoms with Gasteiger partial charge in [-0.15, -0.1) is 0 Å². The number of piperidine rings is 1. The van der Waals surface area contributed by atoms with Crippen molar-refractivity contribution >= 4 is 11.6 Å². The van der Waals surface area contributed by atoms with Crippen molar-refractivity contribution in [3.8, 4) is 0 Å². The van der Waals surface area contributed by atoms with Crippen molar-refractivity contribution in [3.05, 3.63) is 33.4 Å². The first-order chi connectivity index (χ1) is 14.6. The van der Waals surface area contributed by atoms with Crippen molar-refractivity contribution in [2.75, 3.05) is 32.8 Å². The van der Waals surface area contributed by atoms with E-state index in [0.29, 0.717) is 31.2 Å². The predicted molar refractivity (Wildman–Crippen MR) is 113 cm³/mol. The largest absolute Gasteiger partial charge is 0.381 e. The fraction of sp³-hybridized carbons (Fsp3) is 0.682. The van der Waals surface area contributed by atoms with E-state index in [1.165, 1.54) is 0 Å². The summed E-state index contributed by atoms with van der Waals surface area (Å²) in [6.45, 7) is 6.70. The minimum atomic E-state index is 0.0234. The molecule has 2 aromatic rings. The number of ether oxygens (including phenoxy) is 1. The van der Waals surface area contributed by atoms with Gasteiger partial charge in [-0.05, 0) is 25.7 Å². The monoisotopic (exact) mass is 413 g/mol. The minimum absolute atomic E-state index is 0.0234. The van der Waals surface area contributed by atoms with Gasteiger partial charge in [0.05, 0.1) is 11.3 Å². The molecule has 5 heterocycles. The minimum Gasteiger partial charge on any atom is -0.381 e. The maximum atomic E-state index is 13.3. The molecule has 0 saturated carbocycles. The molecule has 30 heavy (non-hydrogen) atoms. The summed E-state index contributed by atoms with van der Waals surface area (Å²) in [4.78, 5) is 34.7. The van der Waals surface area contributed by atoms with E-state index in [9.17, 15) is 9.59 Å². The Labute approximate surface area is 176 Å². The van der Waals surface area contributed by atoms with Crippen LogP contribution in [-0.4, -0.2) is 69.2 Å². The Hall–Kier alpha value is -2.19. The number of aromatic amines is 1. The molecule has 162 valence electrons. The van der Waals surface area contributed by atoms with Gasteiger partial charge in [0.1, 0.15) is 0 Å². The number of carbonyl (C=O) groups is 1. The lowest BCUT2D eigenvalue weighted by molar-refractivity contribution is -0.132. The standard InChI is InChI=1S/C22H31N5O3/c1-2-21(28)26-8-3-4-15(13-26)19-12-20-23-18-5-9-25(16-6-10-30-11-7-16)14-17(18)22(29)27(20)24-19/h12,15-16,24H,2-11,13-14H2,1H3. The lowest BCUT2D eigenvalue weighted by atomic mass is 9.94. The quantitative estimate of drug-likeness (QED) is 0.828. The van der Waals surface area contributed by atoms with E-state index < -0.39 is 0 Å². The number of nitrogens with zero attached hydrogens (tertiary/aromatic N) is 4. The number of nitrogens with one attached hydrogen (secondary N) is 1. The van der Waals surface area contributed by atoms with Crippen LogP contribution >= 0.6 is 0 Å². The van der Waals surface area contributed by atoms with E-state index in [1.54, 1.807) is 4.52 Å². The zero-order chi connectivity index (χ0) is 20.7. The molecule has 5 rings (SSSR count). The lowest BCUT2D eigenvalue weighted by Gasteiger charge is -2.36. The van der Waals surface area contributed by atoms with E-state index in [-0.39, 0.29) is 17.4 Å². The van der Waals surface area contributed by atoms with Gasteiger partial charge in [0, 0.05) is 76.0 Å². The smallest absolute Gasteiger partial charge is 0.277 e. The number of carbonyl (C=O) groups excluding carboxylic acids is 1. The second-order valence-electron chi connectivity index (χ2n) is 8.84. The first-order valence-electron chi connectivity index (χ1n) is 11.4. The Balaban J connectivity index is 1.41.